The number of ether oxygens (including phenoxy) is 1. The summed E-state index contributed by atoms with van der Waals surface area (Å²) in [7, 11) is 1.73. The highest BCUT2D eigenvalue weighted by Crippen LogP contribution is 2.27. The van der Waals surface area contributed by atoms with Crippen molar-refractivity contribution in [2.45, 2.75) is 38.8 Å². The number of ketones is 1. The molecule has 1 aliphatic heterocycles. The lowest BCUT2D eigenvalue weighted by molar-refractivity contribution is -0.118. The first-order chi connectivity index (χ1) is 12.4. The van der Waals surface area contributed by atoms with Crippen LogP contribution < -0.4 is 5.32 Å². The molecule has 2 atom stereocenters. The van der Waals surface area contributed by atoms with Gasteiger partial charge in [0.2, 0.25) is 0 Å². The largest absolute Gasteiger partial charge is 0.376 e. The number of amides is 1. The van der Waals surface area contributed by atoms with Gasteiger partial charge in [-0.2, -0.15) is 5.10 Å². The second-order valence-corrected chi connectivity index (χ2v) is 6.55. The van der Waals surface area contributed by atoms with Crippen molar-refractivity contribution < 1.29 is 18.7 Å². The van der Waals surface area contributed by atoms with Gasteiger partial charge in [0.1, 0.15) is 5.82 Å². The van der Waals surface area contributed by atoms with Crippen molar-refractivity contribution in [3.63, 3.8) is 0 Å². The van der Waals surface area contributed by atoms with E-state index in [0.717, 1.165) is 12.8 Å². The first kappa shape index (κ1) is 18.3. The second kappa shape index (κ2) is 7.37. The normalized spacial score (nSPS) is 17.9. The van der Waals surface area contributed by atoms with Crippen molar-refractivity contribution in [1.82, 2.24) is 15.1 Å². The summed E-state index contributed by atoms with van der Waals surface area (Å²) in [5, 5.41) is 6.97. The molecule has 6 nitrogen and oxygen atoms in total. The van der Waals surface area contributed by atoms with Crippen LogP contribution in [0.5, 0.6) is 0 Å². The van der Waals surface area contributed by atoms with Crippen molar-refractivity contribution in [2.75, 3.05) is 6.61 Å². The Labute approximate surface area is 151 Å². The zero-order valence-electron chi connectivity index (χ0n) is 15.1. The highest BCUT2D eigenvalue weighted by molar-refractivity contribution is 6.43. The number of carbonyl (C=O) groups is 2. The molecule has 2 aromatic rings. The fourth-order valence-corrected chi connectivity index (χ4v) is 3.35. The molecule has 0 radical (unpaired) electrons. The van der Waals surface area contributed by atoms with E-state index in [1.165, 1.54) is 12.1 Å². The molecule has 1 amide bonds. The molecular formula is C19H22FN3O3. The summed E-state index contributed by atoms with van der Waals surface area (Å²) < 4.78 is 20.5. The van der Waals surface area contributed by atoms with Gasteiger partial charge in [-0.3, -0.25) is 14.3 Å². The van der Waals surface area contributed by atoms with Crippen LogP contribution in [0, 0.1) is 19.7 Å². The lowest BCUT2D eigenvalue weighted by atomic mass is 9.98. The monoisotopic (exact) mass is 359 g/mol. The zero-order valence-corrected chi connectivity index (χ0v) is 15.1. The summed E-state index contributed by atoms with van der Waals surface area (Å²) in [5.74, 6) is -1.70. The predicted molar refractivity (Wildman–Crippen MR) is 93.3 cm³/mol. The zero-order chi connectivity index (χ0) is 18.8. The van der Waals surface area contributed by atoms with E-state index in [1.807, 2.05) is 0 Å². The Morgan fingerprint density at radius 2 is 2.00 bits per heavy atom. The lowest BCUT2D eigenvalue weighted by Gasteiger charge is -2.24. The molecular weight excluding hydrogens is 337 g/mol. The van der Waals surface area contributed by atoms with Gasteiger partial charge in [-0.15, -0.1) is 0 Å². The van der Waals surface area contributed by atoms with Crippen LogP contribution in [0.1, 0.15) is 46.2 Å². The molecule has 1 aromatic heterocycles. The van der Waals surface area contributed by atoms with E-state index in [0.29, 0.717) is 29.1 Å². The molecule has 26 heavy (non-hydrogen) atoms. The number of rotatable bonds is 5. The molecule has 138 valence electrons. The number of nitrogens with one attached hydrogen (secondary N) is 1. The summed E-state index contributed by atoms with van der Waals surface area (Å²) in [6.07, 6.45) is 1.40. The number of hydrogen-bond acceptors (Lipinski definition) is 4. The van der Waals surface area contributed by atoms with Crippen molar-refractivity contribution in [2.24, 2.45) is 7.05 Å². The summed E-state index contributed by atoms with van der Waals surface area (Å²) in [5.41, 5.74) is 2.17. The average molecular weight is 359 g/mol. The molecule has 0 aliphatic carbocycles. The molecule has 0 saturated carbocycles. The van der Waals surface area contributed by atoms with Gasteiger partial charge in [0.05, 0.1) is 23.4 Å². The maximum atomic E-state index is 13.2. The average Bonchev–Trinajstić information content (AvgIpc) is 3.22. The number of aryl methyl sites for hydroxylation is 2. The molecule has 1 aromatic carbocycles. The highest BCUT2D eigenvalue weighted by Gasteiger charge is 2.32. The Hall–Kier alpha value is -2.54. The van der Waals surface area contributed by atoms with E-state index in [2.05, 4.69) is 10.4 Å². The Bertz CT molecular complexity index is 823. The first-order valence-electron chi connectivity index (χ1n) is 8.61. The minimum atomic E-state index is -0.714. The fraction of sp³-hybridized carbons (Fsp3) is 0.421. The Morgan fingerprint density at radius 1 is 1.31 bits per heavy atom. The highest BCUT2D eigenvalue weighted by atomic mass is 19.1. The quantitative estimate of drug-likeness (QED) is 0.657. The molecule has 0 spiro atoms. The summed E-state index contributed by atoms with van der Waals surface area (Å²) >= 11 is 0. The lowest BCUT2D eigenvalue weighted by Crippen LogP contribution is -2.40. The van der Waals surface area contributed by atoms with Crippen LogP contribution >= 0.6 is 0 Å². The second-order valence-electron chi connectivity index (χ2n) is 6.55. The van der Waals surface area contributed by atoms with Crippen molar-refractivity contribution >= 4 is 11.7 Å². The fourth-order valence-electron chi connectivity index (χ4n) is 3.35. The van der Waals surface area contributed by atoms with Gasteiger partial charge < -0.3 is 10.1 Å². The number of benzene rings is 1. The van der Waals surface area contributed by atoms with Gasteiger partial charge in [0.15, 0.2) is 0 Å². The van der Waals surface area contributed by atoms with E-state index < -0.39 is 17.7 Å². The molecule has 1 fully saturated rings. The molecule has 1 saturated heterocycles. The number of carbonyl (C=O) groups excluding carboxylic acids is 2. The minimum absolute atomic E-state index is 0.242. The third-order valence-corrected chi connectivity index (χ3v) is 4.79. The first-order valence-corrected chi connectivity index (χ1v) is 8.61. The van der Waals surface area contributed by atoms with Crippen molar-refractivity contribution in [1.29, 1.82) is 0 Å². The molecule has 0 bridgehead atoms. The van der Waals surface area contributed by atoms with Gasteiger partial charge in [-0.1, -0.05) is 12.1 Å². The maximum absolute atomic E-state index is 13.2. The minimum Gasteiger partial charge on any atom is -0.376 e. The Morgan fingerprint density at radius 3 is 2.54 bits per heavy atom. The molecule has 2 heterocycles. The van der Waals surface area contributed by atoms with Crippen LogP contribution in [0.2, 0.25) is 0 Å². The van der Waals surface area contributed by atoms with Gasteiger partial charge in [-0.25, -0.2) is 4.39 Å². The van der Waals surface area contributed by atoms with Gasteiger partial charge in [0.25, 0.3) is 11.7 Å². The topological polar surface area (TPSA) is 73.2 Å². The number of aromatic nitrogens is 2. The third-order valence-electron chi connectivity index (χ3n) is 4.79. The van der Waals surface area contributed by atoms with Gasteiger partial charge in [-0.05, 0) is 44.4 Å². The van der Waals surface area contributed by atoms with Crippen LogP contribution in [0.25, 0.3) is 0 Å². The molecule has 7 heteroatoms. The van der Waals surface area contributed by atoms with Crippen molar-refractivity contribution in [3.8, 4) is 0 Å². The van der Waals surface area contributed by atoms with Crippen LogP contribution in [0.3, 0.4) is 0 Å². The summed E-state index contributed by atoms with van der Waals surface area (Å²) in [6, 6.07) is 5.37. The Kier molecular flexibility index (Phi) is 5.18. The predicted octanol–water partition coefficient (Wildman–Crippen LogP) is 2.40. The molecule has 1 N–H and O–H groups in total. The van der Waals surface area contributed by atoms with Crippen molar-refractivity contribution in [3.05, 3.63) is 52.6 Å². The van der Waals surface area contributed by atoms with E-state index >= 15 is 0 Å². The third kappa shape index (κ3) is 3.53. The smallest absolute Gasteiger partial charge is 0.293 e. The van der Waals surface area contributed by atoms with E-state index in [-0.39, 0.29) is 11.9 Å². The summed E-state index contributed by atoms with van der Waals surface area (Å²) in [4.78, 5) is 25.3. The van der Waals surface area contributed by atoms with E-state index in [1.54, 1.807) is 37.7 Å². The number of nitrogens with zero attached hydrogens (tertiary/aromatic N) is 2. The standard InChI is InChI=1S/C19H22FN3O3/c1-11-16(12(2)23(3)22-11)18(24)19(25)21-17(15-5-4-10-26-15)13-6-8-14(20)9-7-13/h6-9,15,17H,4-5,10H2,1-3H3,(H,21,25). The number of halogens is 1. The van der Waals surface area contributed by atoms with Crippen LogP contribution in [0.15, 0.2) is 24.3 Å². The SMILES string of the molecule is Cc1nn(C)c(C)c1C(=O)C(=O)NC(c1ccc(F)cc1)C1CCCO1. The van der Waals surface area contributed by atoms with Crippen LogP contribution in [0.4, 0.5) is 4.39 Å². The van der Waals surface area contributed by atoms with E-state index in [4.69, 9.17) is 4.74 Å². The van der Waals surface area contributed by atoms with Gasteiger partial charge >= 0.3 is 0 Å². The Balaban J connectivity index is 1.85. The number of hydrogen-bond donors (Lipinski definition) is 1. The van der Waals surface area contributed by atoms with E-state index in [9.17, 15) is 14.0 Å². The van der Waals surface area contributed by atoms with Gasteiger partial charge in [0, 0.05) is 19.3 Å². The van der Waals surface area contributed by atoms with Crippen LogP contribution in [-0.2, 0) is 16.6 Å². The molecule has 2 unspecified atom stereocenters. The van der Waals surface area contributed by atoms with Crippen LogP contribution in [-0.4, -0.2) is 34.2 Å². The summed E-state index contributed by atoms with van der Waals surface area (Å²) in [6.45, 7) is 4.05. The molecule has 1 aliphatic rings. The maximum Gasteiger partial charge on any atom is 0.293 e. The number of Topliss-reactive ketones (excluding diaryl/α,β-unsaturated/α-hetero) is 1. The molecule has 3 rings (SSSR count).